The number of hydrogen-bond donors (Lipinski definition) is 0. The van der Waals surface area contributed by atoms with E-state index in [9.17, 15) is 0 Å². The first-order valence-corrected chi connectivity index (χ1v) is 8.00. The summed E-state index contributed by atoms with van der Waals surface area (Å²) in [5.41, 5.74) is 1.09. The third-order valence-electron chi connectivity index (χ3n) is 4.39. The maximum Gasteiger partial charge on any atom is 0.209 e. The van der Waals surface area contributed by atoms with Crippen LogP contribution in [0.3, 0.4) is 0 Å². The molecule has 112 valence electrons. The minimum absolute atomic E-state index is 0.528. The summed E-state index contributed by atoms with van der Waals surface area (Å²) in [6.07, 6.45) is 7.18. The van der Waals surface area contributed by atoms with Crippen LogP contribution < -0.4 is 0 Å². The van der Waals surface area contributed by atoms with Gasteiger partial charge in [0.15, 0.2) is 5.76 Å². The number of hydrogen-bond acceptors (Lipinski definition) is 3. The van der Waals surface area contributed by atoms with Gasteiger partial charge >= 0.3 is 0 Å². The highest BCUT2D eigenvalue weighted by Crippen LogP contribution is 2.27. The van der Waals surface area contributed by atoms with Crippen LogP contribution in [-0.2, 0) is 6.54 Å². The van der Waals surface area contributed by atoms with Crippen molar-refractivity contribution >= 4 is 0 Å². The summed E-state index contributed by atoms with van der Waals surface area (Å²) >= 11 is 0. The molecule has 1 fully saturated rings. The fourth-order valence-corrected chi connectivity index (χ4v) is 3.24. The lowest BCUT2D eigenvalue weighted by molar-refractivity contribution is 0.132. The molecular weight excluding hydrogens is 260 g/mol. The maximum atomic E-state index is 5.96. The Morgan fingerprint density at radius 1 is 1.19 bits per heavy atom. The van der Waals surface area contributed by atoms with E-state index in [0.29, 0.717) is 12.1 Å². The highest BCUT2D eigenvalue weighted by Gasteiger charge is 2.26. The Hall–Kier alpha value is -1.61. The van der Waals surface area contributed by atoms with Gasteiger partial charge in [0.05, 0.1) is 12.7 Å². The molecule has 0 spiro atoms. The maximum absolute atomic E-state index is 5.96. The molecule has 1 aliphatic rings. The number of benzene rings is 1. The molecule has 21 heavy (non-hydrogen) atoms. The van der Waals surface area contributed by atoms with E-state index in [1.807, 2.05) is 24.4 Å². The second kappa shape index (κ2) is 6.44. The van der Waals surface area contributed by atoms with Crippen LogP contribution in [0.15, 0.2) is 40.9 Å². The number of aromatic nitrogens is 1. The smallest absolute Gasteiger partial charge is 0.209 e. The molecule has 3 nitrogen and oxygen atoms in total. The van der Waals surface area contributed by atoms with Crippen LogP contribution in [0.1, 0.15) is 45.4 Å². The zero-order valence-electron chi connectivity index (χ0n) is 13.0. The van der Waals surface area contributed by atoms with Crippen LogP contribution in [0, 0.1) is 0 Å². The molecule has 1 saturated carbocycles. The molecule has 0 saturated heterocycles. The molecule has 0 unspecified atom stereocenters. The second-order valence-corrected chi connectivity index (χ2v) is 6.19. The predicted octanol–water partition coefficient (Wildman–Crippen LogP) is 4.49. The van der Waals surface area contributed by atoms with E-state index in [2.05, 4.69) is 35.9 Å². The summed E-state index contributed by atoms with van der Waals surface area (Å²) < 4.78 is 5.96. The van der Waals surface area contributed by atoms with Crippen LogP contribution in [0.5, 0.6) is 0 Å². The average molecular weight is 284 g/mol. The standard InChI is InChI=1S/C18H24N2O/c1-14(2)20(16-10-6-7-11-16)13-18-19-12-17(21-18)15-8-4-3-5-9-15/h3-5,8-9,12,14,16H,6-7,10-11,13H2,1-2H3. The Kier molecular flexibility index (Phi) is 4.39. The molecule has 1 aliphatic carbocycles. The molecule has 0 bridgehead atoms. The van der Waals surface area contributed by atoms with E-state index in [0.717, 1.165) is 23.8 Å². The van der Waals surface area contributed by atoms with Crippen molar-refractivity contribution in [3.05, 3.63) is 42.4 Å². The Balaban J connectivity index is 1.73. The Bertz CT molecular complexity index is 556. The molecule has 0 aliphatic heterocycles. The predicted molar refractivity (Wildman–Crippen MR) is 84.9 cm³/mol. The van der Waals surface area contributed by atoms with Crippen molar-refractivity contribution in [3.63, 3.8) is 0 Å². The first-order chi connectivity index (χ1) is 10.2. The van der Waals surface area contributed by atoms with Crippen LogP contribution in [0.25, 0.3) is 11.3 Å². The second-order valence-electron chi connectivity index (χ2n) is 6.19. The molecule has 0 atom stereocenters. The van der Waals surface area contributed by atoms with E-state index in [4.69, 9.17) is 4.42 Å². The lowest BCUT2D eigenvalue weighted by atomic mass is 10.1. The molecule has 1 heterocycles. The van der Waals surface area contributed by atoms with Crippen molar-refractivity contribution in [1.29, 1.82) is 0 Å². The van der Waals surface area contributed by atoms with Gasteiger partial charge in [0.25, 0.3) is 0 Å². The van der Waals surface area contributed by atoms with Crippen LogP contribution in [-0.4, -0.2) is 22.0 Å². The molecule has 2 aromatic rings. The summed E-state index contributed by atoms with van der Waals surface area (Å²) in [6.45, 7) is 5.34. The van der Waals surface area contributed by atoms with Crippen LogP contribution in [0.2, 0.25) is 0 Å². The average Bonchev–Trinajstić information content (AvgIpc) is 3.17. The molecular formula is C18H24N2O. The van der Waals surface area contributed by atoms with Gasteiger partial charge in [0, 0.05) is 17.6 Å². The lowest BCUT2D eigenvalue weighted by Crippen LogP contribution is -2.38. The van der Waals surface area contributed by atoms with E-state index >= 15 is 0 Å². The minimum Gasteiger partial charge on any atom is -0.439 e. The van der Waals surface area contributed by atoms with Crippen molar-refractivity contribution < 1.29 is 4.42 Å². The minimum atomic E-state index is 0.528. The molecule has 1 aromatic carbocycles. The lowest BCUT2D eigenvalue weighted by Gasteiger charge is -2.31. The van der Waals surface area contributed by atoms with Gasteiger partial charge in [-0.05, 0) is 26.7 Å². The topological polar surface area (TPSA) is 29.3 Å². The van der Waals surface area contributed by atoms with Crippen molar-refractivity contribution in [2.45, 2.75) is 58.2 Å². The van der Waals surface area contributed by atoms with Gasteiger partial charge in [0.2, 0.25) is 5.89 Å². The Morgan fingerprint density at radius 2 is 1.90 bits per heavy atom. The van der Waals surface area contributed by atoms with Crippen molar-refractivity contribution in [2.75, 3.05) is 0 Å². The Morgan fingerprint density at radius 3 is 2.57 bits per heavy atom. The zero-order valence-corrected chi connectivity index (χ0v) is 13.0. The molecule has 0 radical (unpaired) electrons. The van der Waals surface area contributed by atoms with Gasteiger partial charge < -0.3 is 4.42 Å². The van der Waals surface area contributed by atoms with E-state index in [1.54, 1.807) is 0 Å². The van der Waals surface area contributed by atoms with Crippen molar-refractivity contribution in [1.82, 2.24) is 9.88 Å². The van der Waals surface area contributed by atoms with Crippen LogP contribution in [0.4, 0.5) is 0 Å². The number of rotatable bonds is 5. The highest BCUT2D eigenvalue weighted by molar-refractivity contribution is 5.55. The van der Waals surface area contributed by atoms with Gasteiger partial charge in [-0.1, -0.05) is 43.2 Å². The summed E-state index contributed by atoms with van der Waals surface area (Å²) in [5.74, 6) is 1.69. The Labute approximate surface area is 127 Å². The van der Waals surface area contributed by atoms with Crippen molar-refractivity contribution in [2.24, 2.45) is 0 Å². The van der Waals surface area contributed by atoms with Crippen molar-refractivity contribution in [3.8, 4) is 11.3 Å². The largest absolute Gasteiger partial charge is 0.439 e. The quantitative estimate of drug-likeness (QED) is 0.810. The van der Waals surface area contributed by atoms with Gasteiger partial charge in [-0.2, -0.15) is 0 Å². The molecule has 0 N–H and O–H groups in total. The first kappa shape index (κ1) is 14.3. The molecule has 3 rings (SSSR count). The number of nitrogens with zero attached hydrogens (tertiary/aromatic N) is 2. The van der Waals surface area contributed by atoms with Gasteiger partial charge in [-0.3, -0.25) is 4.90 Å². The summed E-state index contributed by atoms with van der Waals surface area (Å²) in [5, 5.41) is 0. The van der Waals surface area contributed by atoms with Crippen LogP contribution >= 0.6 is 0 Å². The third-order valence-corrected chi connectivity index (χ3v) is 4.39. The fraction of sp³-hybridized carbons (Fsp3) is 0.500. The summed E-state index contributed by atoms with van der Waals surface area (Å²) in [4.78, 5) is 7.01. The summed E-state index contributed by atoms with van der Waals surface area (Å²) in [7, 11) is 0. The van der Waals surface area contributed by atoms with E-state index in [-0.39, 0.29) is 0 Å². The summed E-state index contributed by atoms with van der Waals surface area (Å²) in [6, 6.07) is 11.4. The normalized spacial score (nSPS) is 16.2. The molecule has 3 heteroatoms. The number of oxazole rings is 1. The van der Waals surface area contributed by atoms with Gasteiger partial charge in [-0.25, -0.2) is 4.98 Å². The molecule has 0 amide bonds. The monoisotopic (exact) mass is 284 g/mol. The zero-order chi connectivity index (χ0) is 14.7. The van der Waals surface area contributed by atoms with E-state index in [1.165, 1.54) is 25.7 Å². The SMILES string of the molecule is CC(C)N(Cc1ncc(-c2ccccc2)o1)C1CCCC1. The fourth-order valence-electron chi connectivity index (χ4n) is 3.24. The van der Waals surface area contributed by atoms with Gasteiger partial charge in [0.1, 0.15) is 0 Å². The van der Waals surface area contributed by atoms with Gasteiger partial charge in [-0.15, -0.1) is 0 Å². The van der Waals surface area contributed by atoms with E-state index < -0.39 is 0 Å². The third kappa shape index (κ3) is 3.35. The highest BCUT2D eigenvalue weighted by atomic mass is 16.4. The first-order valence-electron chi connectivity index (χ1n) is 8.00. The molecule has 1 aromatic heterocycles.